The lowest BCUT2D eigenvalue weighted by Crippen LogP contribution is -1.96. The van der Waals surface area contributed by atoms with E-state index in [0.29, 0.717) is 5.69 Å². The summed E-state index contributed by atoms with van der Waals surface area (Å²) in [7, 11) is 0. The summed E-state index contributed by atoms with van der Waals surface area (Å²) in [5.74, 6) is 0. The molecule has 1 N–H and O–H groups in total. The Morgan fingerprint density at radius 3 is 2.56 bits per heavy atom. The molecule has 0 spiro atoms. The van der Waals surface area contributed by atoms with Crippen LogP contribution in [-0.4, -0.2) is 10.7 Å². The molecule has 1 aromatic heterocycles. The second kappa shape index (κ2) is 7.39. The summed E-state index contributed by atoms with van der Waals surface area (Å²) in [5, 5.41) is 24.1. The minimum absolute atomic E-state index is 0.221. The average molecular weight is 343 g/mol. The van der Waals surface area contributed by atoms with Gasteiger partial charge in [0, 0.05) is 16.5 Å². The van der Waals surface area contributed by atoms with Gasteiger partial charge in [0.05, 0.1) is 11.4 Å². The molecule has 2 aromatic carbocycles. The Balaban J connectivity index is 1.85. The SMILES string of the molecule is Cc1ccc(-c2csc(-c3cccc(NN=C(C#N)C#N)c3)n2)cc1. The first-order valence-corrected chi connectivity index (χ1v) is 8.34. The first-order chi connectivity index (χ1) is 12.2. The van der Waals surface area contributed by atoms with E-state index in [4.69, 9.17) is 15.5 Å². The number of anilines is 1. The highest BCUT2D eigenvalue weighted by Gasteiger charge is 2.07. The molecule has 0 aliphatic carbocycles. The smallest absolute Gasteiger partial charge is 0.237 e. The zero-order chi connectivity index (χ0) is 17.6. The predicted molar refractivity (Wildman–Crippen MR) is 100 cm³/mol. The lowest BCUT2D eigenvalue weighted by atomic mass is 10.1. The third kappa shape index (κ3) is 3.89. The molecular formula is C19H13N5S. The molecule has 120 valence electrons. The highest BCUT2D eigenvalue weighted by Crippen LogP contribution is 2.30. The maximum absolute atomic E-state index is 8.71. The zero-order valence-electron chi connectivity index (χ0n) is 13.4. The second-order valence-corrected chi connectivity index (χ2v) is 6.14. The van der Waals surface area contributed by atoms with Gasteiger partial charge in [0.25, 0.3) is 0 Å². The van der Waals surface area contributed by atoms with Crippen molar-refractivity contribution in [2.75, 3.05) is 5.43 Å². The van der Waals surface area contributed by atoms with Crippen LogP contribution >= 0.6 is 11.3 Å². The van der Waals surface area contributed by atoms with Crippen molar-refractivity contribution in [3.63, 3.8) is 0 Å². The van der Waals surface area contributed by atoms with Crippen LogP contribution in [0.3, 0.4) is 0 Å². The third-order valence-corrected chi connectivity index (χ3v) is 4.36. The molecule has 0 aliphatic heterocycles. The van der Waals surface area contributed by atoms with Crippen LogP contribution in [0.15, 0.2) is 59.0 Å². The zero-order valence-corrected chi connectivity index (χ0v) is 14.2. The van der Waals surface area contributed by atoms with Crippen LogP contribution in [0.4, 0.5) is 5.69 Å². The van der Waals surface area contributed by atoms with Gasteiger partial charge in [-0.2, -0.15) is 15.6 Å². The van der Waals surface area contributed by atoms with E-state index in [1.807, 2.05) is 29.6 Å². The molecule has 25 heavy (non-hydrogen) atoms. The molecule has 0 saturated carbocycles. The van der Waals surface area contributed by atoms with Crippen LogP contribution in [0.25, 0.3) is 21.8 Å². The van der Waals surface area contributed by atoms with Crippen molar-refractivity contribution in [1.82, 2.24) is 4.98 Å². The van der Waals surface area contributed by atoms with E-state index in [9.17, 15) is 0 Å². The molecule has 1 heterocycles. The summed E-state index contributed by atoms with van der Waals surface area (Å²) in [6, 6.07) is 19.2. The molecule has 0 aliphatic rings. The Morgan fingerprint density at radius 1 is 1.08 bits per heavy atom. The van der Waals surface area contributed by atoms with Gasteiger partial charge in [-0.15, -0.1) is 11.3 Å². The molecule has 0 saturated heterocycles. The third-order valence-electron chi connectivity index (χ3n) is 3.47. The quantitative estimate of drug-likeness (QED) is 0.554. The van der Waals surface area contributed by atoms with Crippen molar-refractivity contribution in [3.05, 3.63) is 59.5 Å². The molecule has 3 rings (SSSR count). The van der Waals surface area contributed by atoms with Gasteiger partial charge in [-0.05, 0) is 19.1 Å². The summed E-state index contributed by atoms with van der Waals surface area (Å²) in [6.45, 7) is 2.06. The second-order valence-electron chi connectivity index (χ2n) is 5.28. The van der Waals surface area contributed by atoms with E-state index in [0.717, 1.165) is 21.8 Å². The Labute approximate surface area is 149 Å². The molecule has 0 unspecified atom stereocenters. The number of rotatable bonds is 4. The van der Waals surface area contributed by atoms with E-state index in [1.165, 1.54) is 5.56 Å². The van der Waals surface area contributed by atoms with Gasteiger partial charge in [-0.25, -0.2) is 4.98 Å². The average Bonchev–Trinajstić information content (AvgIpc) is 3.14. The summed E-state index contributed by atoms with van der Waals surface area (Å²) in [5.41, 5.74) is 7.37. The van der Waals surface area contributed by atoms with E-state index < -0.39 is 0 Å². The first-order valence-electron chi connectivity index (χ1n) is 7.46. The van der Waals surface area contributed by atoms with Crippen molar-refractivity contribution in [1.29, 1.82) is 10.5 Å². The number of nitrogens with zero attached hydrogens (tertiary/aromatic N) is 4. The fourth-order valence-corrected chi connectivity index (χ4v) is 3.01. The highest BCUT2D eigenvalue weighted by molar-refractivity contribution is 7.13. The number of nitrogens with one attached hydrogen (secondary N) is 1. The standard InChI is InChI=1S/C19H13N5S/c1-13-5-7-14(8-6-13)18-12-25-19(22-18)15-3-2-4-16(9-15)23-24-17(10-20)11-21/h2-9,12,23H,1H3. The van der Waals surface area contributed by atoms with Gasteiger partial charge in [-0.3, -0.25) is 5.43 Å². The summed E-state index contributed by atoms with van der Waals surface area (Å²) in [4.78, 5) is 4.70. The van der Waals surface area contributed by atoms with Crippen molar-refractivity contribution >= 4 is 22.7 Å². The Bertz CT molecular complexity index is 987. The van der Waals surface area contributed by atoms with Crippen LogP contribution < -0.4 is 5.43 Å². The van der Waals surface area contributed by atoms with Gasteiger partial charge < -0.3 is 0 Å². The monoisotopic (exact) mass is 343 g/mol. The van der Waals surface area contributed by atoms with E-state index in [2.05, 4.69) is 41.7 Å². The van der Waals surface area contributed by atoms with Gasteiger partial charge in [0.1, 0.15) is 17.1 Å². The maximum Gasteiger partial charge on any atom is 0.237 e. The van der Waals surface area contributed by atoms with Crippen molar-refractivity contribution in [2.45, 2.75) is 6.92 Å². The van der Waals surface area contributed by atoms with Crippen LogP contribution in [0.2, 0.25) is 0 Å². The molecular weight excluding hydrogens is 330 g/mol. The van der Waals surface area contributed by atoms with Crippen LogP contribution in [0.1, 0.15) is 5.56 Å². The number of hydrogen-bond donors (Lipinski definition) is 1. The van der Waals surface area contributed by atoms with Crippen molar-refractivity contribution < 1.29 is 0 Å². The normalized spacial score (nSPS) is 9.72. The van der Waals surface area contributed by atoms with Gasteiger partial charge in [0.15, 0.2) is 0 Å². The number of benzene rings is 2. The topological polar surface area (TPSA) is 84.9 Å². The van der Waals surface area contributed by atoms with Gasteiger partial charge in [0.2, 0.25) is 5.71 Å². The molecule has 0 bridgehead atoms. The molecule has 0 fully saturated rings. The fraction of sp³-hybridized carbons (Fsp3) is 0.0526. The van der Waals surface area contributed by atoms with E-state index >= 15 is 0 Å². The summed E-state index contributed by atoms with van der Waals surface area (Å²) < 4.78 is 0. The number of aromatic nitrogens is 1. The number of aryl methyl sites for hydroxylation is 1. The van der Waals surface area contributed by atoms with Crippen LogP contribution in [-0.2, 0) is 0 Å². The maximum atomic E-state index is 8.71. The molecule has 0 amide bonds. The predicted octanol–water partition coefficient (Wildman–Crippen LogP) is 4.60. The minimum Gasteiger partial charge on any atom is -0.276 e. The first kappa shape index (κ1) is 16.4. The molecule has 0 atom stereocenters. The van der Waals surface area contributed by atoms with Gasteiger partial charge >= 0.3 is 0 Å². The largest absolute Gasteiger partial charge is 0.276 e. The minimum atomic E-state index is -0.221. The van der Waals surface area contributed by atoms with Crippen LogP contribution in [0, 0.1) is 29.6 Å². The number of thiazole rings is 1. The van der Waals surface area contributed by atoms with Gasteiger partial charge in [-0.1, -0.05) is 42.0 Å². The lowest BCUT2D eigenvalue weighted by Gasteiger charge is -2.02. The van der Waals surface area contributed by atoms with Crippen LogP contribution in [0.5, 0.6) is 0 Å². The number of hydrogen-bond acceptors (Lipinski definition) is 6. The summed E-state index contributed by atoms with van der Waals surface area (Å²) in [6.07, 6.45) is 0. The number of hydrazone groups is 1. The van der Waals surface area contributed by atoms with Crippen molar-refractivity contribution in [2.24, 2.45) is 5.10 Å². The van der Waals surface area contributed by atoms with E-state index in [-0.39, 0.29) is 5.71 Å². The van der Waals surface area contributed by atoms with Crippen molar-refractivity contribution in [3.8, 4) is 34.0 Å². The number of nitriles is 2. The molecule has 3 aromatic rings. The lowest BCUT2D eigenvalue weighted by molar-refractivity contribution is 1.33. The Morgan fingerprint density at radius 2 is 1.84 bits per heavy atom. The molecule has 0 radical (unpaired) electrons. The molecule has 6 heteroatoms. The van der Waals surface area contributed by atoms with E-state index in [1.54, 1.807) is 23.5 Å². The Hall–Kier alpha value is -3.48. The highest BCUT2D eigenvalue weighted by atomic mass is 32.1. The fourth-order valence-electron chi connectivity index (χ4n) is 2.18. The summed E-state index contributed by atoms with van der Waals surface area (Å²) >= 11 is 1.56. The molecule has 5 nitrogen and oxygen atoms in total. The Kier molecular flexibility index (Phi) is 4.84.